The predicted octanol–water partition coefficient (Wildman–Crippen LogP) is 5.80. The zero-order chi connectivity index (χ0) is 26.4. The van der Waals surface area contributed by atoms with E-state index >= 15 is 0 Å². The number of hydrogen-bond acceptors (Lipinski definition) is 4. The molecule has 1 N–H and O–H groups in total. The maximum atomic E-state index is 14.0. The summed E-state index contributed by atoms with van der Waals surface area (Å²) in [6.45, 7) is 4.69. The monoisotopic (exact) mass is 511 g/mol. The number of carbonyl (C=O) groups is 2. The van der Waals surface area contributed by atoms with Crippen LogP contribution >= 0.6 is 0 Å². The van der Waals surface area contributed by atoms with Crippen LogP contribution in [0.15, 0.2) is 54.1 Å². The van der Waals surface area contributed by atoms with Gasteiger partial charge in [0.1, 0.15) is 5.75 Å². The van der Waals surface area contributed by atoms with Crippen LogP contribution in [0.1, 0.15) is 63.5 Å². The summed E-state index contributed by atoms with van der Waals surface area (Å²) in [5.41, 5.74) is 5.60. The van der Waals surface area contributed by atoms with Crippen molar-refractivity contribution in [1.82, 2.24) is 0 Å². The quantitative estimate of drug-likeness (QED) is 0.527. The molecule has 1 saturated heterocycles. The molecule has 5 aliphatic rings. The van der Waals surface area contributed by atoms with Gasteiger partial charge in [0.05, 0.1) is 30.7 Å². The Balaban J connectivity index is 1.37. The predicted molar refractivity (Wildman–Crippen MR) is 146 cm³/mol. The van der Waals surface area contributed by atoms with Gasteiger partial charge in [-0.1, -0.05) is 43.7 Å². The average molecular weight is 512 g/mol. The van der Waals surface area contributed by atoms with Crippen molar-refractivity contribution in [2.75, 3.05) is 12.0 Å². The third kappa shape index (κ3) is 3.08. The van der Waals surface area contributed by atoms with Crippen molar-refractivity contribution in [2.24, 2.45) is 34.5 Å². The van der Waals surface area contributed by atoms with Gasteiger partial charge in [0.15, 0.2) is 0 Å². The maximum Gasteiger partial charge on any atom is 0.238 e. The minimum atomic E-state index is -0.332. The Hall–Kier alpha value is -2.92. The largest absolute Gasteiger partial charge is 0.497 e. The molecule has 2 aromatic carbocycles. The molecule has 38 heavy (non-hydrogen) atoms. The van der Waals surface area contributed by atoms with E-state index in [4.69, 9.17) is 4.74 Å². The highest BCUT2D eigenvalue weighted by molar-refractivity contribution is 6.23. The summed E-state index contributed by atoms with van der Waals surface area (Å²) in [4.78, 5) is 29.3. The van der Waals surface area contributed by atoms with Crippen molar-refractivity contribution in [3.05, 3.63) is 65.2 Å². The van der Waals surface area contributed by atoms with Gasteiger partial charge in [0, 0.05) is 5.41 Å². The van der Waals surface area contributed by atoms with Gasteiger partial charge in [-0.15, -0.1) is 0 Å². The van der Waals surface area contributed by atoms with E-state index < -0.39 is 0 Å². The van der Waals surface area contributed by atoms with Gasteiger partial charge in [-0.05, 0) is 103 Å². The number of methoxy groups -OCH3 is 1. The second-order valence-electron chi connectivity index (χ2n) is 12.9. The number of para-hydroxylation sites is 1. The third-order valence-electron chi connectivity index (χ3n) is 11.4. The van der Waals surface area contributed by atoms with Crippen LogP contribution in [-0.2, 0) is 16.0 Å². The highest BCUT2D eigenvalue weighted by atomic mass is 16.5. The topological polar surface area (TPSA) is 66.8 Å². The Morgan fingerprint density at radius 3 is 2.50 bits per heavy atom. The fraction of sp³-hybridized carbons (Fsp3) is 0.515. The fourth-order valence-corrected chi connectivity index (χ4v) is 9.26. The van der Waals surface area contributed by atoms with E-state index in [1.807, 2.05) is 36.4 Å². The van der Waals surface area contributed by atoms with Crippen molar-refractivity contribution in [3.8, 4) is 5.75 Å². The molecule has 5 nitrogen and oxygen atoms in total. The van der Waals surface area contributed by atoms with Crippen molar-refractivity contribution >= 4 is 23.1 Å². The van der Waals surface area contributed by atoms with Crippen LogP contribution in [0.4, 0.5) is 5.69 Å². The number of nitrogens with zero attached hydrogens (tertiary/aromatic N) is 1. The molecule has 0 spiro atoms. The van der Waals surface area contributed by atoms with E-state index in [0.29, 0.717) is 18.0 Å². The van der Waals surface area contributed by atoms with E-state index in [-0.39, 0.29) is 46.5 Å². The number of aryl methyl sites for hydroxylation is 1. The average Bonchev–Trinajstić information content (AvgIpc) is 3.39. The minimum Gasteiger partial charge on any atom is -0.497 e. The first-order valence-corrected chi connectivity index (χ1v) is 14.3. The van der Waals surface area contributed by atoms with E-state index in [9.17, 15) is 14.7 Å². The molecule has 1 heterocycles. The SMILES string of the molecule is COc1ccc2c(c1)CC[C@H]1C2=C(C[C@]23CC[C@H](C[C@H]2O)C3(C)C)C[C@H]2C(=O)N(c3ccccc3)C(=O)[C@H]21. The molecule has 2 aromatic rings. The number of hydrogen-bond donors (Lipinski definition) is 1. The third-order valence-corrected chi connectivity index (χ3v) is 11.4. The molecular formula is C33H37NO4. The lowest BCUT2D eigenvalue weighted by Gasteiger charge is -2.45. The summed E-state index contributed by atoms with van der Waals surface area (Å²) >= 11 is 0. The minimum absolute atomic E-state index is 0.0186. The van der Waals surface area contributed by atoms with Crippen molar-refractivity contribution in [1.29, 1.82) is 0 Å². The van der Waals surface area contributed by atoms with Crippen LogP contribution in [0.5, 0.6) is 5.75 Å². The number of ether oxygens (including phenoxy) is 1. The highest BCUT2D eigenvalue weighted by Gasteiger charge is 2.64. The molecule has 0 aromatic heterocycles. The number of benzene rings is 2. The summed E-state index contributed by atoms with van der Waals surface area (Å²) in [6.07, 6.45) is 5.87. The molecule has 6 atom stereocenters. The number of aliphatic hydroxyl groups excluding tert-OH is 1. The summed E-state index contributed by atoms with van der Waals surface area (Å²) in [7, 11) is 1.70. The number of anilines is 1. The summed E-state index contributed by atoms with van der Waals surface area (Å²) < 4.78 is 5.54. The van der Waals surface area contributed by atoms with Crippen molar-refractivity contribution in [3.63, 3.8) is 0 Å². The first-order valence-electron chi connectivity index (χ1n) is 14.3. The Bertz CT molecular complexity index is 1360. The van der Waals surface area contributed by atoms with Crippen LogP contribution < -0.4 is 9.64 Å². The van der Waals surface area contributed by atoms with Gasteiger partial charge < -0.3 is 9.84 Å². The number of carbonyl (C=O) groups excluding carboxylic acids is 2. The summed E-state index contributed by atoms with van der Waals surface area (Å²) in [5.74, 6) is 0.645. The fourth-order valence-electron chi connectivity index (χ4n) is 9.26. The molecule has 0 unspecified atom stereocenters. The molecule has 2 saturated carbocycles. The molecule has 2 amide bonds. The Labute approximate surface area is 224 Å². The van der Waals surface area contributed by atoms with E-state index in [0.717, 1.165) is 44.3 Å². The zero-order valence-corrected chi connectivity index (χ0v) is 22.6. The van der Waals surface area contributed by atoms with Crippen LogP contribution in [0.25, 0.3) is 5.57 Å². The summed E-state index contributed by atoms with van der Waals surface area (Å²) in [6, 6.07) is 15.7. The van der Waals surface area contributed by atoms with Crippen LogP contribution in [0.3, 0.4) is 0 Å². The number of amides is 2. The van der Waals surface area contributed by atoms with E-state index in [1.54, 1.807) is 7.11 Å². The molecule has 7 rings (SSSR count). The number of allylic oxidation sites excluding steroid dienone is 2. The Morgan fingerprint density at radius 1 is 1.03 bits per heavy atom. The molecular weight excluding hydrogens is 474 g/mol. The van der Waals surface area contributed by atoms with Crippen molar-refractivity contribution < 1.29 is 19.4 Å². The van der Waals surface area contributed by atoms with Gasteiger partial charge in [-0.3, -0.25) is 14.5 Å². The molecule has 4 aliphatic carbocycles. The lowest BCUT2D eigenvalue weighted by Crippen LogP contribution is -2.41. The molecule has 1 aliphatic heterocycles. The molecule has 3 fully saturated rings. The van der Waals surface area contributed by atoms with Gasteiger partial charge in [0.2, 0.25) is 11.8 Å². The Kier molecular flexibility index (Phi) is 5.27. The number of imide groups is 1. The molecule has 5 heteroatoms. The normalized spacial score (nSPS) is 34.8. The lowest BCUT2D eigenvalue weighted by atomic mass is 9.58. The van der Waals surface area contributed by atoms with E-state index in [2.05, 4.69) is 26.0 Å². The van der Waals surface area contributed by atoms with Gasteiger partial charge in [-0.25, -0.2) is 0 Å². The summed E-state index contributed by atoms with van der Waals surface area (Å²) in [5, 5.41) is 11.4. The second-order valence-corrected chi connectivity index (χ2v) is 12.9. The van der Waals surface area contributed by atoms with Gasteiger partial charge in [-0.2, -0.15) is 0 Å². The first-order chi connectivity index (χ1) is 18.3. The lowest BCUT2D eigenvalue weighted by molar-refractivity contribution is -0.122. The number of rotatable bonds is 4. The van der Waals surface area contributed by atoms with Gasteiger partial charge >= 0.3 is 0 Å². The first kappa shape index (κ1) is 24.1. The van der Waals surface area contributed by atoms with Crippen molar-refractivity contribution in [2.45, 2.75) is 64.9 Å². The van der Waals surface area contributed by atoms with Gasteiger partial charge in [0.25, 0.3) is 0 Å². The number of fused-ring (bicyclic) bond motifs is 7. The molecule has 2 bridgehead atoms. The molecule has 0 radical (unpaired) electrons. The van der Waals surface area contributed by atoms with Crippen LogP contribution in [0.2, 0.25) is 0 Å². The maximum absolute atomic E-state index is 14.0. The van der Waals surface area contributed by atoms with E-state index in [1.165, 1.54) is 27.2 Å². The Morgan fingerprint density at radius 2 is 1.82 bits per heavy atom. The highest BCUT2D eigenvalue weighted by Crippen LogP contribution is 2.69. The number of aliphatic hydroxyl groups is 1. The standard InChI is InChI=1S/C33H37NO4/c1-32(2)21-13-14-33(32,27(35)17-21)18-20-16-26-29(31(37)34(30(26)36)22-7-5-4-6-8-22)25-11-9-19-15-23(38-3)10-12-24(19)28(20)25/h4-8,10,12,15,21,25-27,29,35H,9,11,13-14,16-18H2,1-3H3/t21-,25+,26-,27-,29+,33-/m1/s1. The smallest absolute Gasteiger partial charge is 0.238 e. The molecule has 198 valence electrons. The zero-order valence-electron chi connectivity index (χ0n) is 22.6. The second kappa shape index (κ2) is 8.29. The van der Waals surface area contributed by atoms with Crippen LogP contribution in [-0.4, -0.2) is 30.1 Å². The van der Waals surface area contributed by atoms with Crippen LogP contribution in [0, 0.1) is 34.5 Å².